The van der Waals surface area contributed by atoms with Crippen molar-refractivity contribution < 1.29 is 19.4 Å². The van der Waals surface area contributed by atoms with Gasteiger partial charge >= 0.3 is 5.97 Å². The molecule has 3 rings (SSSR count). The average Bonchev–Trinajstić information content (AvgIpc) is 2.86. The number of ether oxygens (including phenoxy) is 1. The van der Waals surface area contributed by atoms with Gasteiger partial charge in [0.25, 0.3) is 5.56 Å². The Labute approximate surface area is 141 Å². The molecule has 0 amide bonds. The van der Waals surface area contributed by atoms with Crippen LogP contribution in [0.3, 0.4) is 0 Å². The van der Waals surface area contributed by atoms with Crippen LogP contribution >= 0.6 is 0 Å². The second-order valence-electron chi connectivity index (χ2n) is 5.33. The minimum absolute atomic E-state index is 0.0285. The summed E-state index contributed by atoms with van der Waals surface area (Å²) in [5.41, 5.74) is 0.700. The SMILES string of the molecule is CCOC(=O)Cn1c2ccccc2n2nc(CCC(=O)[O-])c(=O)nc12. The number of nitrogens with zero attached hydrogens (tertiary/aromatic N) is 4. The number of aliphatic carboxylic acids is 1. The summed E-state index contributed by atoms with van der Waals surface area (Å²) in [7, 11) is 0. The lowest BCUT2D eigenvalue weighted by Gasteiger charge is -2.05. The third kappa shape index (κ3) is 3.21. The molecule has 25 heavy (non-hydrogen) atoms. The topological polar surface area (TPSA) is 119 Å². The molecule has 9 nitrogen and oxygen atoms in total. The highest BCUT2D eigenvalue weighted by Crippen LogP contribution is 2.18. The van der Waals surface area contributed by atoms with Crippen LogP contribution in [0.5, 0.6) is 0 Å². The van der Waals surface area contributed by atoms with Crippen molar-refractivity contribution in [2.24, 2.45) is 0 Å². The zero-order chi connectivity index (χ0) is 18.0. The fourth-order valence-corrected chi connectivity index (χ4v) is 2.60. The van der Waals surface area contributed by atoms with E-state index in [0.29, 0.717) is 11.0 Å². The van der Waals surface area contributed by atoms with Crippen molar-refractivity contribution in [1.29, 1.82) is 0 Å². The standard InChI is InChI=1S/C16H16N4O5/c1-2-25-14(23)9-19-11-5-3-4-6-12(11)20-16(19)17-15(24)10(18-20)7-8-13(21)22/h3-6H,2,7-9H2,1H3,(H,21,22)/p-1. The van der Waals surface area contributed by atoms with Crippen molar-refractivity contribution in [2.45, 2.75) is 26.3 Å². The van der Waals surface area contributed by atoms with Crippen molar-refractivity contribution in [3.63, 3.8) is 0 Å². The molecule has 9 heteroatoms. The minimum atomic E-state index is -1.27. The van der Waals surface area contributed by atoms with Gasteiger partial charge in [0.2, 0.25) is 5.78 Å². The van der Waals surface area contributed by atoms with Gasteiger partial charge in [-0.25, -0.2) is 0 Å². The third-order valence-electron chi connectivity index (χ3n) is 3.66. The molecular weight excluding hydrogens is 328 g/mol. The van der Waals surface area contributed by atoms with Crippen LogP contribution in [0.15, 0.2) is 29.1 Å². The van der Waals surface area contributed by atoms with E-state index in [-0.39, 0.29) is 37.5 Å². The van der Waals surface area contributed by atoms with Gasteiger partial charge in [0.1, 0.15) is 12.2 Å². The van der Waals surface area contributed by atoms with Gasteiger partial charge in [0.05, 0.1) is 17.6 Å². The van der Waals surface area contributed by atoms with Gasteiger partial charge in [-0.15, -0.1) is 0 Å². The summed E-state index contributed by atoms with van der Waals surface area (Å²) in [4.78, 5) is 38.6. The number of hydrogen-bond donors (Lipinski definition) is 0. The summed E-state index contributed by atoms with van der Waals surface area (Å²) < 4.78 is 7.94. The number of carbonyl (C=O) groups is 2. The van der Waals surface area contributed by atoms with Crippen LogP contribution in [-0.2, 0) is 27.3 Å². The first-order chi connectivity index (χ1) is 12.0. The Hall–Kier alpha value is -3.23. The Morgan fingerprint density at radius 3 is 2.64 bits per heavy atom. The first kappa shape index (κ1) is 16.6. The maximum absolute atomic E-state index is 12.2. The number of rotatable bonds is 6. The monoisotopic (exact) mass is 343 g/mol. The van der Waals surface area contributed by atoms with E-state index >= 15 is 0 Å². The largest absolute Gasteiger partial charge is 0.550 e. The number of aryl methyl sites for hydroxylation is 1. The molecule has 130 valence electrons. The molecule has 0 aliphatic heterocycles. The molecule has 0 saturated heterocycles. The van der Waals surface area contributed by atoms with Crippen molar-refractivity contribution in [3.8, 4) is 0 Å². The Morgan fingerprint density at radius 2 is 1.96 bits per heavy atom. The van der Waals surface area contributed by atoms with E-state index in [1.54, 1.807) is 35.8 Å². The highest BCUT2D eigenvalue weighted by atomic mass is 16.5. The van der Waals surface area contributed by atoms with Crippen molar-refractivity contribution in [2.75, 3.05) is 6.61 Å². The van der Waals surface area contributed by atoms with E-state index in [9.17, 15) is 19.5 Å². The molecule has 0 bridgehead atoms. The Kier molecular flexibility index (Phi) is 4.46. The zero-order valence-corrected chi connectivity index (χ0v) is 13.5. The second kappa shape index (κ2) is 6.71. The summed E-state index contributed by atoms with van der Waals surface area (Å²) in [6, 6.07) is 7.12. The first-order valence-electron chi connectivity index (χ1n) is 7.74. The highest BCUT2D eigenvalue weighted by Gasteiger charge is 2.17. The molecule has 0 aliphatic rings. The first-order valence-corrected chi connectivity index (χ1v) is 7.74. The molecule has 2 aromatic heterocycles. The van der Waals surface area contributed by atoms with Crippen molar-refractivity contribution in [3.05, 3.63) is 40.3 Å². The van der Waals surface area contributed by atoms with Gasteiger partial charge in [0, 0.05) is 12.4 Å². The van der Waals surface area contributed by atoms with Gasteiger partial charge < -0.3 is 14.6 Å². The van der Waals surface area contributed by atoms with Crippen LogP contribution in [0.2, 0.25) is 0 Å². The van der Waals surface area contributed by atoms with Crippen LogP contribution in [0, 0.1) is 0 Å². The smallest absolute Gasteiger partial charge is 0.326 e. The lowest BCUT2D eigenvalue weighted by atomic mass is 10.2. The van der Waals surface area contributed by atoms with E-state index in [2.05, 4.69) is 10.1 Å². The van der Waals surface area contributed by atoms with E-state index in [1.165, 1.54) is 4.52 Å². The number of fused-ring (bicyclic) bond motifs is 3. The van der Waals surface area contributed by atoms with Crippen LogP contribution < -0.4 is 10.7 Å². The predicted octanol–water partition coefficient (Wildman–Crippen LogP) is -0.710. The highest BCUT2D eigenvalue weighted by molar-refractivity contribution is 5.82. The number of imidazole rings is 1. The number of aromatic nitrogens is 4. The lowest BCUT2D eigenvalue weighted by Crippen LogP contribution is -2.26. The molecule has 0 aliphatic carbocycles. The van der Waals surface area contributed by atoms with E-state index in [1.807, 2.05) is 0 Å². The lowest BCUT2D eigenvalue weighted by molar-refractivity contribution is -0.305. The molecule has 2 heterocycles. The van der Waals surface area contributed by atoms with Gasteiger partial charge in [-0.3, -0.25) is 14.2 Å². The Balaban J connectivity index is 2.17. The molecule has 0 saturated carbocycles. The molecular formula is C16H15N4O5-. The second-order valence-corrected chi connectivity index (χ2v) is 5.33. The number of hydrogen-bond acceptors (Lipinski definition) is 7. The molecule has 0 atom stereocenters. The number of carboxylic acid groups (broad SMARTS) is 1. The molecule has 0 N–H and O–H groups in total. The molecule has 0 radical (unpaired) electrons. The predicted molar refractivity (Wildman–Crippen MR) is 84.7 cm³/mol. The number of carbonyl (C=O) groups excluding carboxylic acids is 2. The Bertz CT molecular complexity index is 1020. The van der Waals surface area contributed by atoms with Crippen molar-refractivity contribution in [1.82, 2.24) is 19.2 Å². The van der Waals surface area contributed by atoms with Gasteiger partial charge in [-0.2, -0.15) is 14.6 Å². The van der Waals surface area contributed by atoms with E-state index in [4.69, 9.17) is 4.74 Å². The number of carboxylic acids is 1. The summed E-state index contributed by atoms with van der Waals surface area (Å²) in [5, 5.41) is 14.8. The van der Waals surface area contributed by atoms with Gasteiger partial charge in [0.15, 0.2) is 0 Å². The van der Waals surface area contributed by atoms with E-state index in [0.717, 1.165) is 0 Å². The summed E-state index contributed by atoms with van der Waals surface area (Å²) >= 11 is 0. The number of para-hydroxylation sites is 2. The minimum Gasteiger partial charge on any atom is -0.550 e. The fraction of sp³-hybridized carbons (Fsp3) is 0.312. The molecule has 0 fully saturated rings. The average molecular weight is 343 g/mol. The van der Waals surface area contributed by atoms with Crippen LogP contribution in [0.25, 0.3) is 16.8 Å². The van der Waals surface area contributed by atoms with Gasteiger partial charge in [-0.05, 0) is 25.5 Å². The fourth-order valence-electron chi connectivity index (χ4n) is 2.60. The maximum atomic E-state index is 12.2. The Morgan fingerprint density at radius 1 is 1.24 bits per heavy atom. The van der Waals surface area contributed by atoms with Crippen LogP contribution in [0.1, 0.15) is 19.0 Å². The number of esters is 1. The normalized spacial score (nSPS) is 11.1. The summed E-state index contributed by atoms with van der Waals surface area (Å²) in [6.45, 7) is 1.84. The number of benzene rings is 1. The third-order valence-corrected chi connectivity index (χ3v) is 3.66. The molecule has 1 aromatic carbocycles. The molecule has 0 spiro atoms. The maximum Gasteiger partial charge on any atom is 0.326 e. The molecule has 0 unspecified atom stereocenters. The van der Waals surface area contributed by atoms with E-state index < -0.39 is 17.5 Å². The zero-order valence-electron chi connectivity index (χ0n) is 13.5. The van der Waals surface area contributed by atoms with Crippen LogP contribution in [-0.4, -0.2) is 37.7 Å². The van der Waals surface area contributed by atoms with Gasteiger partial charge in [-0.1, -0.05) is 12.1 Å². The van der Waals surface area contributed by atoms with Crippen LogP contribution in [0.4, 0.5) is 0 Å². The quantitative estimate of drug-likeness (QED) is 0.542. The summed E-state index contributed by atoms with van der Waals surface area (Å²) in [5.74, 6) is -1.53. The van der Waals surface area contributed by atoms with Crippen molar-refractivity contribution >= 4 is 28.7 Å². The summed E-state index contributed by atoms with van der Waals surface area (Å²) in [6.07, 6.45) is -0.397. The molecule has 3 aromatic rings.